The van der Waals surface area contributed by atoms with E-state index in [0.717, 1.165) is 27.4 Å². The van der Waals surface area contributed by atoms with Crippen molar-refractivity contribution in [3.05, 3.63) is 33.0 Å². The summed E-state index contributed by atoms with van der Waals surface area (Å²) < 4.78 is 7.14. The highest BCUT2D eigenvalue weighted by atomic mass is 79.9. The highest BCUT2D eigenvalue weighted by Crippen LogP contribution is 2.30. The van der Waals surface area contributed by atoms with Gasteiger partial charge in [-0.05, 0) is 40.5 Å². The molecule has 0 aliphatic heterocycles. The zero-order valence-corrected chi connectivity index (χ0v) is 13.0. The minimum absolute atomic E-state index is 0.165. The quantitative estimate of drug-likeness (QED) is 0.876. The number of aromatic nitrogens is 2. The monoisotopic (exact) mass is 373 g/mol. The molecule has 1 heterocycles. The fraction of sp³-hybridized carbons (Fsp3) is 0.333. The largest absolute Gasteiger partial charge is 0.334 e. The molecule has 96 valence electrons. The van der Waals surface area contributed by atoms with Crippen LogP contribution in [0.15, 0.2) is 31.7 Å². The average Bonchev–Trinajstić information content (AvgIpc) is 2.78. The Morgan fingerprint density at radius 3 is 2.83 bits per heavy atom. The lowest BCUT2D eigenvalue weighted by Gasteiger charge is -2.02. The fourth-order valence-corrected chi connectivity index (χ4v) is 2.81. The Morgan fingerprint density at radius 1 is 1.39 bits per heavy atom. The molecule has 2 rings (SSSR count). The molecule has 0 aliphatic carbocycles. The van der Waals surface area contributed by atoms with E-state index in [9.17, 15) is 0 Å². The molecule has 1 atom stereocenters. The second kappa shape index (κ2) is 5.95. The molecule has 2 aromatic rings. The van der Waals surface area contributed by atoms with Gasteiger partial charge in [-0.15, -0.1) is 0 Å². The van der Waals surface area contributed by atoms with Crippen molar-refractivity contribution >= 4 is 31.9 Å². The van der Waals surface area contributed by atoms with Gasteiger partial charge in [0.2, 0.25) is 0 Å². The molecule has 2 N–H and O–H groups in total. The van der Waals surface area contributed by atoms with E-state index in [0.29, 0.717) is 11.7 Å². The number of nitrogens with two attached hydrogens (primary N) is 1. The predicted octanol–water partition coefficient (Wildman–Crippen LogP) is 4.06. The first kappa shape index (κ1) is 13.7. The van der Waals surface area contributed by atoms with Gasteiger partial charge in [0.15, 0.2) is 5.82 Å². The lowest BCUT2D eigenvalue weighted by Crippen LogP contribution is -2.11. The third-order valence-electron chi connectivity index (χ3n) is 2.53. The molecule has 1 aromatic heterocycles. The minimum Gasteiger partial charge on any atom is -0.334 e. The van der Waals surface area contributed by atoms with Crippen LogP contribution in [-0.4, -0.2) is 10.1 Å². The predicted molar refractivity (Wildman–Crippen MR) is 77.0 cm³/mol. The van der Waals surface area contributed by atoms with E-state index < -0.39 is 0 Å². The molecular weight excluding hydrogens is 362 g/mol. The number of halogens is 2. The summed E-state index contributed by atoms with van der Waals surface area (Å²) >= 11 is 6.87. The molecule has 0 aliphatic rings. The molecule has 0 spiro atoms. The lowest BCUT2D eigenvalue weighted by molar-refractivity contribution is 0.413. The van der Waals surface area contributed by atoms with E-state index in [1.807, 2.05) is 18.2 Å². The lowest BCUT2D eigenvalue weighted by atomic mass is 10.2. The van der Waals surface area contributed by atoms with Gasteiger partial charge in [-0.25, -0.2) is 0 Å². The van der Waals surface area contributed by atoms with Crippen LogP contribution in [0.3, 0.4) is 0 Å². The van der Waals surface area contributed by atoms with Crippen LogP contribution in [0.5, 0.6) is 0 Å². The van der Waals surface area contributed by atoms with Crippen molar-refractivity contribution < 1.29 is 4.52 Å². The summed E-state index contributed by atoms with van der Waals surface area (Å²) in [6.45, 7) is 2.08. The van der Waals surface area contributed by atoms with Gasteiger partial charge in [0.05, 0.1) is 11.6 Å². The van der Waals surface area contributed by atoms with E-state index >= 15 is 0 Å². The van der Waals surface area contributed by atoms with E-state index in [1.54, 1.807) is 0 Å². The molecular formula is C12H13Br2N3O. The van der Waals surface area contributed by atoms with Crippen molar-refractivity contribution in [2.75, 3.05) is 0 Å². The molecule has 4 nitrogen and oxygen atoms in total. The molecule has 0 radical (unpaired) electrons. The summed E-state index contributed by atoms with van der Waals surface area (Å²) in [4.78, 5) is 4.34. The molecule has 0 saturated heterocycles. The van der Waals surface area contributed by atoms with Crippen molar-refractivity contribution in [2.24, 2.45) is 5.73 Å². The summed E-state index contributed by atoms with van der Waals surface area (Å²) in [5, 5.41) is 3.93. The third kappa shape index (κ3) is 2.99. The summed E-state index contributed by atoms with van der Waals surface area (Å²) in [5.41, 5.74) is 6.82. The first-order valence-corrected chi connectivity index (χ1v) is 7.25. The first-order valence-electron chi connectivity index (χ1n) is 5.66. The highest BCUT2D eigenvalue weighted by molar-refractivity contribution is 9.11. The van der Waals surface area contributed by atoms with Crippen LogP contribution in [0.2, 0.25) is 0 Å². The molecule has 1 unspecified atom stereocenters. The van der Waals surface area contributed by atoms with Gasteiger partial charge in [0, 0.05) is 8.95 Å². The van der Waals surface area contributed by atoms with E-state index in [4.69, 9.17) is 10.3 Å². The maximum atomic E-state index is 5.95. The smallest absolute Gasteiger partial charge is 0.259 e. The Labute approximate surface area is 122 Å². The number of hydrogen-bond donors (Lipinski definition) is 1. The van der Waals surface area contributed by atoms with Crippen molar-refractivity contribution in [3.8, 4) is 11.5 Å². The van der Waals surface area contributed by atoms with Crippen LogP contribution in [0.1, 0.15) is 31.6 Å². The molecule has 0 fully saturated rings. The Hall–Kier alpha value is -0.720. The minimum atomic E-state index is -0.165. The van der Waals surface area contributed by atoms with Gasteiger partial charge in [-0.3, -0.25) is 0 Å². The normalized spacial score (nSPS) is 12.7. The van der Waals surface area contributed by atoms with Gasteiger partial charge >= 0.3 is 0 Å². The standard InChI is InChI=1S/C12H13Br2N3O/c1-2-3-10(15)11-16-12(18-17-11)8-5-4-7(13)6-9(8)14/h4-6,10H,2-3,15H2,1H3. The second-order valence-electron chi connectivity index (χ2n) is 3.98. The van der Waals surface area contributed by atoms with Crippen LogP contribution in [0, 0.1) is 0 Å². The summed E-state index contributed by atoms with van der Waals surface area (Å²) in [6.07, 6.45) is 1.84. The summed E-state index contributed by atoms with van der Waals surface area (Å²) in [7, 11) is 0. The molecule has 0 amide bonds. The molecule has 6 heteroatoms. The number of rotatable bonds is 4. The van der Waals surface area contributed by atoms with Crippen LogP contribution >= 0.6 is 31.9 Å². The zero-order chi connectivity index (χ0) is 13.1. The van der Waals surface area contributed by atoms with Gasteiger partial charge < -0.3 is 10.3 Å². The summed E-state index contributed by atoms with van der Waals surface area (Å²) in [6, 6.07) is 5.61. The van der Waals surface area contributed by atoms with Crippen molar-refractivity contribution in [3.63, 3.8) is 0 Å². The van der Waals surface area contributed by atoms with E-state index in [-0.39, 0.29) is 6.04 Å². The molecule has 0 saturated carbocycles. The molecule has 18 heavy (non-hydrogen) atoms. The highest BCUT2D eigenvalue weighted by Gasteiger charge is 2.16. The van der Waals surface area contributed by atoms with E-state index in [2.05, 4.69) is 48.9 Å². The number of hydrogen-bond acceptors (Lipinski definition) is 4. The van der Waals surface area contributed by atoms with Crippen LogP contribution in [-0.2, 0) is 0 Å². The van der Waals surface area contributed by atoms with Crippen LogP contribution < -0.4 is 5.73 Å². The third-order valence-corrected chi connectivity index (χ3v) is 3.68. The molecule has 1 aromatic carbocycles. The van der Waals surface area contributed by atoms with Gasteiger partial charge in [0.1, 0.15) is 0 Å². The van der Waals surface area contributed by atoms with Crippen molar-refractivity contribution in [1.29, 1.82) is 0 Å². The maximum absolute atomic E-state index is 5.95. The Morgan fingerprint density at radius 2 is 2.17 bits per heavy atom. The SMILES string of the molecule is CCCC(N)c1noc(-c2ccc(Br)cc2Br)n1. The zero-order valence-electron chi connectivity index (χ0n) is 9.86. The van der Waals surface area contributed by atoms with E-state index in [1.165, 1.54) is 0 Å². The van der Waals surface area contributed by atoms with Gasteiger partial charge in [0.25, 0.3) is 5.89 Å². The molecule has 0 bridgehead atoms. The number of benzene rings is 1. The number of nitrogens with zero attached hydrogens (tertiary/aromatic N) is 2. The first-order chi connectivity index (χ1) is 8.61. The van der Waals surface area contributed by atoms with Gasteiger partial charge in [-0.2, -0.15) is 4.98 Å². The summed E-state index contributed by atoms with van der Waals surface area (Å²) in [5.74, 6) is 1.04. The van der Waals surface area contributed by atoms with Crippen molar-refractivity contribution in [1.82, 2.24) is 10.1 Å². The topological polar surface area (TPSA) is 64.9 Å². The Bertz CT molecular complexity index is 542. The second-order valence-corrected chi connectivity index (χ2v) is 5.75. The van der Waals surface area contributed by atoms with Crippen molar-refractivity contribution in [2.45, 2.75) is 25.8 Å². The maximum Gasteiger partial charge on any atom is 0.259 e. The van der Waals surface area contributed by atoms with Crippen LogP contribution in [0.25, 0.3) is 11.5 Å². The fourth-order valence-electron chi connectivity index (χ4n) is 1.60. The Kier molecular flexibility index (Phi) is 4.53. The average molecular weight is 375 g/mol. The Balaban J connectivity index is 2.29. The van der Waals surface area contributed by atoms with Crippen LogP contribution in [0.4, 0.5) is 0 Å². The van der Waals surface area contributed by atoms with Gasteiger partial charge in [-0.1, -0.05) is 34.4 Å².